The van der Waals surface area contributed by atoms with Crippen LogP contribution in [0, 0.1) is 24.6 Å². The second-order valence-electron chi connectivity index (χ2n) is 9.84. The Morgan fingerprint density at radius 2 is 1.88 bits per heavy atom. The predicted octanol–water partition coefficient (Wildman–Crippen LogP) is 5.45. The van der Waals surface area contributed by atoms with Crippen LogP contribution < -0.4 is 11.1 Å². The predicted molar refractivity (Wildman–Crippen MR) is 147 cm³/mol. The number of rotatable bonds is 3. The molecule has 0 spiro atoms. The van der Waals surface area contributed by atoms with E-state index in [9.17, 15) is 22.4 Å². The van der Waals surface area contributed by atoms with Gasteiger partial charge in [-0.15, -0.1) is 0 Å². The summed E-state index contributed by atoms with van der Waals surface area (Å²) in [6.07, 6.45) is -1.64. The third-order valence-electron chi connectivity index (χ3n) is 6.96. The van der Waals surface area contributed by atoms with Gasteiger partial charge in [-0.25, -0.2) is 19.0 Å². The lowest BCUT2D eigenvalue weighted by Crippen LogP contribution is -2.32. The van der Waals surface area contributed by atoms with Gasteiger partial charge in [0.05, 0.1) is 27.6 Å². The Kier molecular flexibility index (Phi) is 7.59. The van der Waals surface area contributed by atoms with E-state index in [-0.39, 0.29) is 17.5 Å². The molecule has 0 saturated carbocycles. The van der Waals surface area contributed by atoms with Gasteiger partial charge in [-0.3, -0.25) is 4.79 Å². The Labute approximate surface area is 237 Å². The van der Waals surface area contributed by atoms with Crippen molar-refractivity contribution in [3.05, 3.63) is 75.4 Å². The van der Waals surface area contributed by atoms with E-state index in [1.807, 2.05) is 4.68 Å². The minimum absolute atomic E-state index is 0.128. The number of aryl methyl sites for hydroxylation is 1. The zero-order valence-electron chi connectivity index (χ0n) is 22.0. The van der Waals surface area contributed by atoms with Gasteiger partial charge in [-0.05, 0) is 75.7 Å². The molecule has 5 rings (SSSR count). The van der Waals surface area contributed by atoms with Crippen LogP contribution in [0.4, 0.5) is 29.1 Å². The van der Waals surface area contributed by atoms with E-state index in [1.165, 1.54) is 18.5 Å². The van der Waals surface area contributed by atoms with Crippen LogP contribution in [0.2, 0.25) is 5.02 Å². The molecule has 1 aliphatic rings. The lowest BCUT2D eigenvalue weighted by Gasteiger charge is -2.29. The molecular weight excluding hydrogens is 562 g/mol. The summed E-state index contributed by atoms with van der Waals surface area (Å²) >= 11 is 5.63. The van der Waals surface area contributed by atoms with Crippen molar-refractivity contribution in [1.29, 1.82) is 0 Å². The average Bonchev–Trinajstić information content (AvgIpc) is 3.30. The maximum absolute atomic E-state index is 14.5. The monoisotopic (exact) mass is 585 g/mol. The highest BCUT2D eigenvalue weighted by Gasteiger charge is 2.33. The third-order valence-corrected chi connectivity index (χ3v) is 7.24. The molecule has 0 aliphatic carbocycles. The Bertz CT molecular complexity index is 1720. The zero-order chi connectivity index (χ0) is 29.5. The second-order valence-corrected chi connectivity index (χ2v) is 10.2. The molecule has 3 heterocycles. The minimum Gasteiger partial charge on any atom is -0.383 e. The van der Waals surface area contributed by atoms with Crippen LogP contribution in [-0.4, -0.2) is 50.7 Å². The van der Waals surface area contributed by atoms with Crippen LogP contribution in [0.5, 0.6) is 0 Å². The summed E-state index contributed by atoms with van der Waals surface area (Å²) in [5, 5.41) is 6.88. The number of nitrogens with one attached hydrogen (secondary N) is 1. The summed E-state index contributed by atoms with van der Waals surface area (Å²) in [6, 6.07) is 5.71. The topological polar surface area (TPSA) is 102 Å². The van der Waals surface area contributed by atoms with Gasteiger partial charge in [0.2, 0.25) is 0 Å². The van der Waals surface area contributed by atoms with E-state index in [2.05, 4.69) is 39.1 Å². The molecule has 3 N–H and O–H groups in total. The lowest BCUT2D eigenvalue weighted by atomic mass is 10.1. The van der Waals surface area contributed by atoms with E-state index in [4.69, 9.17) is 22.4 Å². The molecule has 1 fully saturated rings. The number of nitrogen functional groups attached to an aromatic ring is 1. The SMILES string of the molecule is Cc1ccc(NC(=O)c2cc(C(F)(F)F)cc(Cl)c2F)cc1C#Cc1nn(C2CCN(C)CC2)c2ncnc(N)c12. The number of carbonyl (C=O) groups is 1. The van der Waals surface area contributed by atoms with Gasteiger partial charge in [-0.1, -0.05) is 23.6 Å². The normalized spacial score (nSPS) is 14.6. The standard InChI is InChI=1S/C28H24ClF4N7O/c1-15-3-5-18(37-27(41)20-12-17(28(31,32)33)13-21(29)24(20)30)11-16(15)4-6-22-23-25(34)35-14-36-26(23)40(38-22)19-7-9-39(2)10-8-19/h3,5,11-14,19H,7-10H2,1-2H3,(H,37,41)(H2,34,35,36). The van der Waals surface area contributed by atoms with Crippen molar-refractivity contribution in [3.8, 4) is 11.8 Å². The summed E-state index contributed by atoms with van der Waals surface area (Å²) in [5.74, 6) is 3.98. The fourth-order valence-corrected chi connectivity index (χ4v) is 4.87. The van der Waals surface area contributed by atoms with Crippen molar-refractivity contribution >= 4 is 40.0 Å². The van der Waals surface area contributed by atoms with Crippen molar-refractivity contribution in [2.45, 2.75) is 32.0 Å². The summed E-state index contributed by atoms with van der Waals surface area (Å²) in [6.45, 7) is 3.64. The molecule has 1 aliphatic heterocycles. The minimum atomic E-state index is -4.81. The molecule has 13 heteroatoms. The highest BCUT2D eigenvalue weighted by molar-refractivity contribution is 6.31. The van der Waals surface area contributed by atoms with Crippen LogP contribution in [0.15, 0.2) is 36.7 Å². The van der Waals surface area contributed by atoms with E-state index in [1.54, 1.807) is 13.0 Å². The number of alkyl halides is 3. The highest BCUT2D eigenvalue weighted by atomic mass is 35.5. The van der Waals surface area contributed by atoms with Gasteiger partial charge in [0.15, 0.2) is 11.5 Å². The maximum Gasteiger partial charge on any atom is 0.416 e. The van der Waals surface area contributed by atoms with Crippen LogP contribution in [0.25, 0.3) is 11.0 Å². The Morgan fingerprint density at radius 1 is 1.15 bits per heavy atom. The average molecular weight is 586 g/mol. The van der Waals surface area contributed by atoms with Gasteiger partial charge >= 0.3 is 6.18 Å². The van der Waals surface area contributed by atoms with Crippen LogP contribution in [0.1, 0.15) is 51.6 Å². The molecule has 0 unspecified atom stereocenters. The largest absolute Gasteiger partial charge is 0.416 e. The van der Waals surface area contributed by atoms with Crippen molar-refractivity contribution in [1.82, 2.24) is 24.6 Å². The van der Waals surface area contributed by atoms with E-state index < -0.39 is 34.1 Å². The number of hydrogen-bond donors (Lipinski definition) is 2. The Morgan fingerprint density at radius 3 is 2.59 bits per heavy atom. The molecule has 8 nitrogen and oxygen atoms in total. The number of nitrogens with zero attached hydrogens (tertiary/aromatic N) is 5. The van der Waals surface area contributed by atoms with E-state index in [0.717, 1.165) is 31.5 Å². The first-order valence-electron chi connectivity index (χ1n) is 12.6. The summed E-state index contributed by atoms with van der Waals surface area (Å²) in [4.78, 5) is 23.5. The molecule has 41 heavy (non-hydrogen) atoms. The number of aromatic nitrogens is 4. The van der Waals surface area contributed by atoms with E-state index in [0.29, 0.717) is 34.4 Å². The first-order chi connectivity index (χ1) is 19.4. The molecule has 0 atom stereocenters. The van der Waals surface area contributed by atoms with Crippen LogP contribution in [0.3, 0.4) is 0 Å². The molecular formula is C28H24ClF4N7O. The van der Waals surface area contributed by atoms with Gasteiger partial charge in [0.1, 0.15) is 17.8 Å². The number of benzene rings is 2. The molecule has 2 aromatic carbocycles. The van der Waals surface area contributed by atoms with Crippen molar-refractivity contribution in [2.75, 3.05) is 31.2 Å². The highest BCUT2D eigenvalue weighted by Crippen LogP contribution is 2.34. The fourth-order valence-electron chi connectivity index (χ4n) is 4.65. The number of piperidine rings is 1. The first-order valence-corrected chi connectivity index (χ1v) is 13.0. The molecule has 0 radical (unpaired) electrons. The Hall–Kier alpha value is -4.21. The molecule has 2 aromatic heterocycles. The quantitative estimate of drug-likeness (QED) is 0.245. The van der Waals surface area contributed by atoms with Gasteiger partial charge in [-0.2, -0.15) is 18.3 Å². The maximum atomic E-state index is 14.5. The number of likely N-dealkylation sites (tertiary alicyclic amines) is 1. The lowest BCUT2D eigenvalue weighted by molar-refractivity contribution is -0.137. The number of amides is 1. The van der Waals surface area contributed by atoms with Gasteiger partial charge in [0, 0.05) is 11.3 Å². The molecule has 1 amide bonds. The number of anilines is 2. The Balaban J connectivity index is 1.46. The number of nitrogens with two attached hydrogens (primary N) is 1. The van der Waals surface area contributed by atoms with Crippen molar-refractivity contribution < 1.29 is 22.4 Å². The van der Waals surface area contributed by atoms with Crippen LogP contribution >= 0.6 is 11.6 Å². The first kappa shape index (κ1) is 28.3. The van der Waals surface area contributed by atoms with Crippen molar-refractivity contribution in [2.24, 2.45) is 0 Å². The molecule has 4 aromatic rings. The van der Waals surface area contributed by atoms with E-state index >= 15 is 0 Å². The fraction of sp³-hybridized carbons (Fsp3) is 0.286. The zero-order valence-corrected chi connectivity index (χ0v) is 22.7. The van der Waals surface area contributed by atoms with Crippen molar-refractivity contribution in [3.63, 3.8) is 0 Å². The van der Waals surface area contributed by atoms with Gasteiger partial charge in [0.25, 0.3) is 5.91 Å². The smallest absolute Gasteiger partial charge is 0.383 e. The second kappa shape index (κ2) is 11.0. The number of fused-ring (bicyclic) bond motifs is 1. The number of halogens is 5. The van der Waals surface area contributed by atoms with Gasteiger partial charge < -0.3 is 16.0 Å². The molecule has 212 valence electrons. The third kappa shape index (κ3) is 5.82. The molecule has 0 bridgehead atoms. The summed E-state index contributed by atoms with van der Waals surface area (Å²) in [7, 11) is 2.07. The van der Waals surface area contributed by atoms with Crippen LogP contribution in [-0.2, 0) is 6.18 Å². The number of hydrogen-bond acceptors (Lipinski definition) is 6. The summed E-state index contributed by atoms with van der Waals surface area (Å²) < 4.78 is 55.9. The number of carbonyl (C=O) groups excluding carboxylic acids is 1. The molecule has 1 saturated heterocycles. The summed E-state index contributed by atoms with van der Waals surface area (Å²) in [5.41, 5.74) is 6.55.